The van der Waals surface area contributed by atoms with Crippen LogP contribution >= 0.6 is 11.3 Å². The Bertz CT molecular complexity index is 1680. The molecule has 0 saturated carbocycles. The van der Waals surface area contributed by atoms with Crippen LogP contribution in [-0.4, -0.2) is 86.3 Å². The zero-order valence-electron chi connectivity index (χ0n) is 23.9. The highest BCUT2D eigenvalue weighted by molar-refractivity contribution is 7.16. The van der Waals surface area contributed by atoms with Gasteiger partial charge in [-0.05, 0) is 63.5 Å². The van der Waals surface area contributed by atoms with E-state index in [1.54, 1.807) is 11.0 Å². The van der Waals surface area contributed by atoms with Gasteiger partial charge in [0, 0.05) is 36.5 Å². The highest BCUT2D eigenvalue weighted by Crippen LogP contribution is 2.38. The summed E-state index contributed by atoms with van der Waals surface area (Å²) in [5, 5.41) is 24.8. The van der Waals surface area contributed by atoms with Crippen molar-refractivity contribution < 1.29 is 14.3 Å². The van der Waals surface area contributed by atoms with Crippen molar-refractivity contribution in [2.75, 3.05) is 44.7 Å². The summed E-state index contributed by atoms with van der Waals surface area (Å²) >= 11 is 1.51. The number of halogens is 1. The van der Waals surface area contributed by atoms with Crippen LogP contribution < -0.4 is 4.90 Å². The van der Waals surface area contributed by atoms with Gasteiger partial charge in [0.05, 0.1) is 53.2 Å². The molecular weight excluding hydrogens is 555 g/mol. The number of β-amino-alcohol motifs (C(OH)–C–C–N with tert-alkyl or cyclic N) is 1. The van der Waals surface area contributed by atoms with E-state index in [2.05, 4.69) is 24.0 Å². The molecule has 2 saturated heterocycles. The second kappa shape index (κ2) is 11.4. The van der Waals surface area contributed by atoms with Crippen molar-refractivity contribution >= 4 is 33.7 Å². The Morgan fingerprint density at radius 2 is 2.00 bits per heavy atom. The minimum atomic E-state index is -0.452. The molecule has 1 aromatic carbocycles. The summed E-state index contributed by atoms with van der Waals surface area (Å²) in [7, 11) is 1.96. The van der Waals surface area contributed by atoms with Crippen LogP contribution in [-0.2, 0) is 11.2 Å². The third kappa shape index (κ3) is 5.35. The van der Waals surface area contributed by atoms with E-state index in [1.165, 1.54) is 23.5 Å². The van der Waals surface area contributed by atoms with Crippen LogP contribution in [0.5, 0.6) is 0 Å². The lowest BCUT2D eigenvalue weighted by Gasteiger charge is -2.38. The number of aliphatic hydroxyl groups excluding tert-OH is 1. The number of nitrogens with zero attached hydrogens (tertiary/aromatic N) is 8. The number of aryl methyl sites for hydroxylation is 2. The molecule has 2 aliphatic rings. The number of piperidine rings is 1. The van der Waals surface area contributed by atoms with Gasteiger partial charge < -0.3 is 14.9 Å². The van der Waals surface area contributed by atoms with Crippen LogP contribution in [0.1, 0.15) is 47.5 Å². The Hall–Kier alpha value is -3.92. The Balaban J connectivity index is 1.27. The normalized spacial score (nSPS) is 16.5. The molecule has 1 amide bonds. The molecule has 218 valence electrons. The Kier molecular flexibility index (Phi) is 7.66. The highest BCUT2D eigenvalue weighted by Gasteiger charge is 2.31. The number of nitriles is 1. The van der Waals surface area contributed by atoms with Crippen LogP contribution in [0.3, 0.4) is 0 Å². The van der Waals surface area contributed by atoms with E-state index >= 15 is 0 Å². The van der Waals surface area contributed by atoms with Gasteiger partial charge in [-0.3, -0.25) is 9.69 Å². The van der Waals surface area contributed by atoms with E-state index < -0.39 is 5.82 Å². The van der Waals surface area contributed by atoms with Crippen LogP contribution in [0, 0.1) is 24.1 Å². The van der Waals surface area contributed by atoms with Gasteiger partial charge >= 0.3 is 0 Å². The van der Waals surface area contributed by atoms with Crippen LogP contribution in [0.2, 0.25) is 0 Å². The molecule has 0 aliphatic carbocycles. The number of thiazole rings is 1. The maximum atomic E-state index is 13.8. The molecule has 0 bridgehead atoms. The standard InChI is InChI=1S/C30H33FN8O2S/c1-4-22-14-39-29(33-22)26(36(3)30-34-28(18(2)42-30)24-6-5-21(31)11-20(24)13-32)12-25(35-39)19-7-9-37(10-8-19)17-27(41)38-15-23(40)16-38/h5-6,11-12,14,19,23,40H,4,7-10,15-17H2,1-3H3. The first-order chi connectivity index (χ1) is 20.2. The zero-order chi connectivity index (χ0) is 29.5. The second-order valence-electron chi connectivity index (χ2n) is 11.1. The van der Waals surface area contributed by atoms with Crippen molar-refractivity contribution in [3.05, 3.63) is 58.1 Å². The first-order valence-corrected chi connectivity index (χ1v) is 15.0. The van der Waals surface area contributed by atoms with Gasteiger partial charge in [-0.2, -0.15) is 10.4 Å². The molecule has 2 fully saturated rings. The molecule has 0 spiro atoms. The summed E-state index contributed by atoms with van der Waals surface area (Å²) in [5.41, 5.74) is 5.07. The largest absolute Gasteiger partial charge is 0.389 e. The summed E-state index contributed by atoms with van der Waals surface area (Å²) in [6, 6.07) is 8.39. The molecule has 4 aromatic rings. The molecule has 0 unspecified atom stereocenters. The number of carbonyl (C=O) groups excluding carboxylic acids is 1. The lowest BCUT2D eigenvalue weighted by Crippen LogP contribution is -2.56. The highest BCUT2D eigenvalue weighted by atomic mass is 32.1. The van der Waals surface area contributed by atoms with Crippen LogP contribution in [0.25, 0.3) is 16.9 Å². The lowest BCUT2D eigenvalue weighted by atomic mass is 9.93. The predicted molar refractivity (Wildman–Crippen MR) is 158 cm³/mol. The van der Waals surface area contributed by atoms with Crippen LogP contribution in [0.4, 0.5) is 15.2 Å². The fourth-order valence-electron chi connectivity index (χ4n) is 5.68. The van der Waals surface area contributed by atoms with Crippen molar-refractivity contribution in [2.45, 2.75) is 45.1 Å². The Morgan fingerprint density at radius 1 is 1.24 bits per heavy atom. The first-order valence-electron chi connectivity index (χ1n) is 14.2. The van der Waals surface area contributed by atoms with Gasteiger partial charge in [0.25, 0.3) is 0 Å². The fraction of sp³-hybridized carbons (Fsp3) is 0.433. The van der Waals surface area contributed by atoms with Crippen molar-refractivity contribution in [3.63, 3.8) is 0 Å². The maximum Gasteiger partial charge on any atom is 0.236 e. The molecule has 10 nitrogen and oxygen atoms in total. The lowest BCUT2D eigenvalue weighted by molar-refractivity contribution is -0.142. The molecule has 0 radical (unpaired) electrons. The molecule has 0 atom stereocenters. The molecule has 2 aliphatic heterocycles. The van der Waals surface area contributed by atoms with E-state index in [9.17, 15) is 19.6 Å². The number of aliphatic hydroxyl groups is 1. The van der Waals surface area contributed by atoms with E-state index in [4.69, 9.17) is 15.1 Å². The number of hydrogen-bond acceptors (Lipinski definition) is 9. The number of rotatable bonds is 7. The molecule has 6 rings (SSSR count). The van der Waals surface area contributed by atoms with Gasteiger partial charge in [0.15, 0.2) is 10.8 Å². The fourth-order valence-corrected chi connectivity index (χ4v) is 6.57. The van der Waals surface area contributed by atoms with Gasteiger partial charge in [0.1, 0.15) is 5.82 Å². The minimum Gasteiger partial charge on any atom is -0.389 e. The Labute approximate surface area is 247 Å². The summed E-state index contributed by atoms with van der Waals surface area (Å²) in [5.74, 6) is -0.141. The van der Waals surface area contributed by atoms with Crippen molar-refractivity contribution in [3.8, 4) is 17.3 Å². The average molecular weight is 589 g/mol. The molecular formula is C30H33FN8O2S. The molecule has 1 N–H and O–H groups in total. The second-order valence-corrected chi connectivity index (χ2v) is 12.3. The average Bonchev–Trinajstić information content (AvgIpc) is 3.58. The molecule has 12 heteroatoms. The minimum absolute atomic E-state index is 0.0772. The smallest absolute Gasteiger partial charge is 0.236 e. The van der Waals surface area contributed by atoms with E-state index in [0.29, 0.717) is 30.9 Å². The van der Waals surface area contributed by atoms with Gasteiger partial charge in [0.2, 0.25) is 5.91 Å². The van der Waals surface area contributed by atoms with Gasteiger partial charge in [-0.25, -0.2) is 18.9 Å². The van der Waals surface area contributed by atoms with Crippen molar-refractivity contribution in [1.82, 2.24) is 29.4 Å². The van der Waals surface area contributed by atoms with E-state index in [1.807, 2.05) is 29.6 Å². The van der Waals surface area contributed by atoms with E-state index in [0.717, 1.165) is 65.1 Å². The number of benzene rings is 1. The Morgan fingerprint density at radius 3 is 2.69 bits per heavy atom. The topological polar surface area (TPSA) is 114 Å². The predicted octanol–water partition coefficient (Wildman–Crippen LogP) is 3.88. The van der Waals surface area contributed by atoms with E-state index in [-0.39, 0.29) is 23.5 Å². The van der Waals surface area contributed by atoms with Gasteiger partial charge in [-0.1, -0.05) is 6.92 Å². The first kappa shape index (κ1) is 28.2. The molecule has 42 heavy (non-hydrogen) atoms. The SMILES string of the molecule is CCc1cn2nc(C3CCN(CC(=O)N4CC(O)C4)CC3)cc(N(C)c3nc(-c4ccc(F)cc4C#N)c(C)s3)c2n1. The number of likely N-dealkylation sites (tertiary alicyclic amines) is 2. The van der Waals surface area contributed by atoms with Crippen molar-refractivity contribution in [1.29, 1.82) is 5.26 Å². The summed E-state index contributed by atoms with van der Waals surface area (Å²) in [6.07, 6.45) is 4.14. The third-order valence-corrected chi connectivity index (χ3v) is 9.25. The monoisotopic (exact) mass is 588 g/mol. The number of fused-ring (bicyclic) bond motifs is 1. The number of amides is 1. The van der Waals surface area contributed by atoms with Crippen LogP contribution in [0.15, 0.2) is 30.5 Å². The molecule has 3 aromatic heterocycles. The summed E-state index contributed by atoms with van der Waals surface area (Å²) in [4.78, 5) is 29.1. The van der Waals surface area contributed by atoms with Gasteiger partial charge in [-0.15, -0.1) is 11.3 Å². The quantitative estimate of drug-likeness (QED) is 0.346. The number of aromatic nitrogens is 4. The number of anilines is 2. The summed E-state index contributed by atoms with van der Waals surface area (Å²) in [6.45, 7) is 6.87. The molecule has 5 heterocycles. The maximum absolute atomic E-state index is 13.8. The number of carbonyl (C=O) groups is 1. The zero-order valence-corrected chi connectivity index (χ0v) is 24.7. The summed E-state index contributed by atoms with van der Waals surface area (Å²) < 4.78 is 15.7. The number of imidazole rings is 1. The van der Waals surface area contributed by atoms with Crippen molar-refractivity contribution in [2.24, 2.45) is 0 Å². The third-order valence-electron chi connectivity index (χ3n) is 8.21. The number of hydrogen-bond donors (Lipinski definition) is 1.